The van der Waals surface area contributed by atoms with Crippen LogP contribution in [0, 0.1) is 6.92 Å². The van der Waals surface area contributed by atoms with Gasteiger partial charge < -0.3 is 15.1 Å². The van der Waals surface area contributed by atoms with Crippen LogP contribution in [-0.2, 0) is 0 Å². The van der Waals surface area contributed by atoms with Crippen LogP contribution in [0.25, 0.3) is 0 Å². The van der Waals surface area contributed by atoms with E-state index in [1.807, 2.05) is 19.9 Å². The molecule has 0 fully saturated rings. The van der Waals surface area contributed by atoms with Crippen molar-refractivity contribution in [1.82, 2.24) is 5.32 Å². The van der Waals surface area contributed by atoms with Crippen molar-refractivity contribution in [2.24, 2.45) is 0 Å². The van der Waals surface area contributed by atoms with Gasteiger partial charge in [-0.15, -0.1) is 11.3 Å². The molecule has 3 rings (SSSR count). The lowest BCUT2D eigenvalue weighted by molar-refractivity contribution is 0.0942. The molecule has 2 aromatic heterocycles. The highest BCUT2D eigenvalue weighted by Crippen LogP contribution is 2.29. The number of hydrogen-bond acceptors (Lipinski definition) is 4. The van der Waals surface area contributed by atoms with Crippen LogP contribution in [0.4, 0.5) is 5.00 Å². The Kier molecular flexibility index (Phi) is 5.89. The summed E-state index contributed by atoms with van der Waals surface area (Å²) in [6.07, 6.45) is 1.43. The Morgan fingerprint density at radius 3 is 2.56 bits per heavy atom. The zero-order valence-corrected chi connectivity index (χ0v) is 16.8. The molecule has 2 N–H and O–H groups in total. The van der Waals surface area contributed by atoms with E-state index in [1.54, 1.807) is 30.3 Å². The third-order valence-electron chi connectivity index (χ3n) is 3.90. The molecule has 8 heteroatoms. The van der Waals surface area contributed by atoms with Crippen LogP contribution < -0.4 is 10.6 Å². The molecule has 0 aliphatic rings. The first-order valence-corrected chi connectivity index (χ1v) is 9.63. The quantitative estimate of drug-likeness (QED) is 0.553. The topological polar surface area (TPSA) is 71.3 Å². The molecule has 1 aromatic carbocycles. The lowest BCUT2D eigenvalue weighted by Crippen LogP contribution is -2.26. The Hall–Kier alpha value is -2.28. The summed E-state index contributed by atoms with van der Waals surface area (Å²) in [5.74, 6) is -0.382. The number of furan rings is 1. The average molecular weight is 423 g/mol. The second-order valence-electron chi connectivity index (χ2n) is 5.92. The summed E-state index contributed by atoms with van der Waals surface area (Å²) in [5, 5.41) is 7.13. The highest BCUT2D eigenvalue weighted by Gasteiger charge is 2.19. The van der Waals surface area contributed by atoms with Crippen LogP contribution in [0.3, 0.4) is 0 Å². The normalized spacial score (nSPS) is 11.9. The maximum absolute atomic E-state index is 12.6. The Labute approximate surface area is 170 Å². The zero-order valence-electron chi connectivity index (χ0n) is 14.5. The van der Waals surface area contributed by atoms with Crippen molar-refractivity contribution in [3.63, 3.8) is 0 Å². The first kappa shape index (κ1) is 19.5. The van der Waals surface area contributed by atoms with E-state index in [0.717, 1.165) is 11.1 Å². The van der Waals surface area contributed by atoms with Crippen molar-refractivity contribution in [3.8, 4) is 0 Å². The molecule has 0 spiro atoms. The minimum atomic E-state index is -0.364. The molecule has 0 saturated carbocycles. The van der Waals surface area contributed by atoms with Gasteiger partial charge in [-0.3, -0.25) is 9.59 Å². The number of benzene rings is 1. The Morgan fingerprint density at radius 1 is 1.11 bits per heavy atom. The van der Waals surface area contributed by atoms with Gasteiger partial charge in [0.2, 0.25) is 0 Å². The first-order valence-electron chi connectivity index (χ1n) is 8.06. The predicted molar refractivity (Wildman–Crippen MR) is 108 cm³/mol. The Balaban J connectivity index is 1.70. The van der Waals surface area contributed by atoms with Crippen molar-refractivity contribution < 1.29 is 14.0 Å². The van der Waals surface area contributed by atoms with E-state index in [4.69, 9.17) is 27.6 Å². The number of anilines is 1. The lowest BCUT2D eigenvalue weighted by atomic mass is 10.1. The van der Waals surface area contributed by atoms with Gasteiger partial charge in [0.25, 0.3) is 11.8 Å². The van der Waals surface area contributed by atoms with Gasteiger partial charge in [-0.1, -0.05) is 29.3 Å². The fraction of sp³-hybridized carbons (Fsp3) is 0.158. The fourth-order valence-electron chi connectivity index (χ4n) is 2.48. The summed E-state index contributed by atoms with van der Waals surface area (Å²) in [5.41, 5.74) is 1.62. The van der Waals surface area contributed by atoms with Crippen LogP contribution in [0.2, 0.25) is 10.0 Å². The van der Waals surface area contributed by atoms with Crippen molar-refractivity contribution >= 4 is 51.4 Å². The molecule has 0 saturated heterocycles. The summed E-state index contributed by atoms with van der Waals surface area (Å²) in [6.45, 7) is 3.68. The molecule has 27 heavy (non-hydrogen) atoms. The molecular formula is C19H16Cl2N2O3S. The molecule has 0 aliphatic carbocycles. The molecule has 140 valence electrons. The average Bonchev–Trinajstić information content (AvgIpc) is 3.27. The second kappa shape index (κ2) is 8.17. The number of thiophene rings is 1. The fourth-order valence-corrected chi connectivity index (χ4v) is 3.76. The third kappa shape index (κ3) is 4.53. The minimum Gasteiger partial charge on any atom is -0.459 e. The first-order chi connectivity index (χ1) is 12.8. The van der Waals surface area contributed by atoms with Gasteiger partial charge >= 0.3 is 0 Å². The number of rotatable bonds is 5. The highest BCUT2D eigenvalue weighted by molar-refractivity contribution is 7.18. The largest absolute Gasteiger partial charge is 0.459 e. The molecule has 0 bridgehead atoms. The van der Waals surface area contributed by atoms with E-state index in [1.165, 1.54) is 17.6 Å². The Morgan fingerprint density at radius 2 is 1.89 bits per heavy atom. The number of hydrogen-bond donors (Lipinski definition) is 2. The summed E-state index contributed by atoms with van der Waals surface area (Å²) in [4.78, 5) is 25.2. The minimum absolute atomic E-state index is 0.209. The summed E-state index contributed by atoms with van der Waals surface area (Å²) in [6, 6.07) is 9.95. The van der Waals surface area contributed by atoms with E-state index in [0.29, 0.717) is 19.9 Å². The molecule has 1 atom stereocenters. The number of nitrogens with one attached hydrogen (secondary N) is 2. The van der Waals surface area contributed by atoms with Crippen LogP contribution in [-0.4, -0.2) is 11.8 Å². The van der Waals surface area contributed by atoms with Crippen molar-refractivity contribution in [1.29, 1.82) is 0 Å². The van der Waals surface area contributed by atoms with Gasteiger partial charge in [0.15, 0.2) is 5.76 Å². The van der Waals surface area contributed by atoms with E-state index >= 15 is 0 Å². The molecule has 0 radical (unpaired) electrons. The highest BCUT2D eigenvalue weighted by atomic mass is 35.5. The predicted octanol–water partition coefficient (Wildman–Crippen LogP) is 5.70. The Bertz CT molecular complexity index is 983. The van der Waals surface area contributed by atoms with E-state index < -0.39 is 0 Å². The van der Waals surface area contributed by atoms with Gasteiger partial charge in [0.1, 0.15) is 0 Å². The summed E-state index contributed by atoms with van der Waals surface area (Å²) >= 11 is 13.2. The summed E-state index contributed by atoms with van der Waals surface area (Å²) < 4.78 is 5.06. The lowest BCUT2D eigenvalue weighted by Gasteiger charge is -2.14. The van der Waals surface area contributed by atoms with E-state index in [9.17, 15) is 9.59 Å². The zero-order chi connectivity index (χ0) is 19.6. The number of halogens is 2. The second-order valence-corrected chi connectivity index (χ2v) is 7.79. The smallest absolute Gasteiger partial charge is 0.291 e. The summed E-state index contributed by atoms with van der Waals surface area (Å²) in [7, 11) is 0. The molecule has 0 unspecified atom stereocenters. The van der Waals surface area contributed by atoms with Gasteiger partial charge in [-0.2, -0.15) is 0 Å². The molecule has 3 aromatic rings. The number of aryl methyl sites for hydroxylation is 1. The monoisotopic (exact) mass is 422 g/mol. The standard InChI is InChI=1S/C19H16Cl2N2O3S/c1-10-8-16(23-18(24)15-4-3-7-26-15)27-17(10)19(25)22-11(2)12-5-6-13(20)14(21)9-12/h3-9,11H,1-2H3,(H,22,25)(H,23,24)/t11-/m1/s1. The van der Waals surface area contributed by atoms with Gasteiger partial charge in [0.05, 0.1) is 32.2 Å². The number of carbonyl (C=O) groups excluding carboxylic acids is 2. The SMILES string of the molecule is Cc1cc(NC(=O)c2ccco2)sc1C(=O)N[C@H](C)c1ccc(Cl)c(Cl)c1. The van der Waals surface area contributed by atoms with E-state index in [2.05, 4.69) is 10.6 Å². The van der Waals surface area contributed by atoms with Crippen molar-refractivity contribution in [3.05, 3.63) is 74.5 Å². The van der Waals surface area contributed by atoms with E-state index in [-0.39, 0.29) is 23.6 Å². The van der Waals surface area contributed by atoms with Crippen LogP contribution in [0.5, 0.6) is 0 Å². The van der Waals surface area contributed by atoms with Crippen molar-refractivity contribution in [2.45, 2.75) is 19.9 Å². The van der Waals surface area contributed by atoms with Gasteiger partial charge in [-0.05, 0) is 55.3 Å². The van der Waals surface area contributed by atoms with Crippen LogP contribution in [0.1, 0.15) is 44.3 Å². The van der Waals surface area contributed by atoms with Crippen molar-refractivity contribution in [2.75, 3.05) is 5.32 Å². The van der Waals surface area contributed by atoms with Crippen LogP contribution in [0.15, 0.2) is 47.1 Å². The number of carbonyl (C=O) groups is 2. The number of amides is 2. The third-order valence-corrected chi connectivity index (χ3v) is 5.79. The van der Waals surface area contributed by atoms with Gasteiger partial charge in [0, 0.05) is 0 Å². The molecule has 2 heterocycles. The maximum atomic E-state index is 12.6. The van der Waals surface area contributed by atoms with Crippen LogP contribution >= 0.6 is 34.5 Å². The molecule has 0 aliphatic heterocycles. The molecular weight excluding hydrogens is 407 g/mol. The van der Waals surface area contributed by atoms with Gasteiger partial charge in [-0.25, -0.2) is 0 Å². The molecule has 5 nitrogen and oxygen atoms in total. The maximum Gasteiger partial charge on any atom is 0.291 e. The molecule has 2 amide bonds.